The fraction of sp³-hybridized carbons (Fsp3) is 0.333. The van der Waals surface area contributed by atoms with E-state index in [1.807, 2.05) is 6.07 Å². The molecule has 3 rings (SSSR count). The first-order valence-corrected chi connectivity index (χ1v) is 9.69. The molecule has 1 atom stereocenters. The summed E-state index contributed by atoms with van der Waals surface area (Å²) >= 11 is 0. The fourth-order valence-electron chi connectivity index (χ4n) is 3.39. The lowest BCUT2D eigenvalue weighted by molar-refractivity contribution is -0.0630. The number of hydrogen-bond acceptors (Lipinski definition) is 7. The summed E-state index contributed by atoms with van der Waals surface area (Å²) in [5.74, 6) is -2.12. The van der Waals surface area contributed by atoms with Crippen LogP contribution in [0.5, 0.6) is 0 Å². The number of alkyl halides is 3. The number of aliphatic imine (C=N–C) groups is 1. The SMILES string of the molecule is N#Cc1cnc(C(=O)Nc2ccc(F)c(C3(CCF)COC(CF)(CF)C(N)=N3)c2)c(N)c1. The molecule has 0 aliphatic carbocycles. The molecule has 5 N–H and O–H groups in total. The number of nitrogens with two attached hydrogens (primary N) is 2. The zero-order chi connectivity index (χ0) is 24.2. The van der Waals surface area contributed by atoms with E-state index in [-0.39, 0.29) is 34.6 Å². The van der Waals surface area contributed by atoms with Crippen LogP contribution in [0.4, 0.5) is 28.9 Å². The van der Waals surface area contributed by atoms with Gasteiger partial charge >= 0.3 is 0 Å². The second-order valence-corrected chi connectivity index (χ2v) is 7.44. The van der Waals surface area contributed by atoms with Crippen LogP contribution in [0.15, 0.2) is 35.5 Å². The smallest absolute Gasteiger partial charge is 0.276 e. The maximum atomic E-state index is 14.8. The van der Waals surface area contributed by atoms with Crippen molar-refractivity contribution in [2.75, 3.05) is 37.7 Å². The number of nitriles is 1. The molecule has 0 spiro atoms. The van der Waals surface area contributed by atoms with Gasteiger partial charge in [0.05, 0.1) is 24.5 Å². The largest absolute Gasteiger partial charge is 0.397 e. The molecular weight excluding hydrogens is 444 g/mol. The van der Waals surface area contributed by atoms with E-state index >= 15 is 0 Å². The second-order valence-electron chi connectivity index (χ2n) is 7.44. The minimum absolute atomic E-state index is 0.0466. The highest BCUT2D eigenvalue weighted by molar-refractivity contribution is 6.06. The number of carbonyl (C=O) groups is 1. The molecule has 1 unspecified atom stereocenters. The Bertz CT molecular complexity index is 1130. The molecule has 1 aliphatic heterocycles. The van der Waals surface area contributed by atoms with Gasteiger partial charge in [0.15, 0.2) is 11.3 Å². The summed E-state index contributed by atoms with van der Waals surface area (Å²) in [5, 5.41) is 11.4. The molecular formula is C21H20F4N6O2. The van der Waals surface area contributed by atoms with Gasteiger partial charge in [0.25, 0.3) is 5.91 Å². The van der Waals surface area contributed by atoms with Gasteiger partial charge in [0.1, 0.15) is 36.6 Å². The van der Waals surface area contributed by atoms with Crippen molar-refractivity contribution in [3.63, 3.8) is 0 Å². The molecule has 8 nitrogen and oxygen atoms in total. The maximum Gasteiger partial charge on any atom is 0.276 e. The molecule has 2 heterocycles. The molecule has 0 fully saturated rings. The minimum Gasteiger partial charge on any atom is -0.397 e. The predicted molar refractivity (Wildman–Crippen MR) is 112 cm³/mol. The van der Waals surface area contributed by atoms with Gasteiger partial charge in [-0.25, -0.2) is 18.2 Å². The van der Waals surface area contributed by atoms with Crippen LogP contribution >= 0.6 is 0 Å². The van der Waals surface area contributed by atoms with Crippen molar-refractivity contribution in [2.45, 2.75) is 17.6 Å². The van der Waals surface area contributed by atoms with Gasteiger partial charge in [-0.15, -0.1) is 0 Å². The van der Waals surface area contributed by atoms with Gasteiger partial charge in [-0.2, -0.15) is 5.26 Å². The number of aromatic nitrogens is 1. The van der Waals surface area contributed by atoms with Crippen molar-refractivity contribution >= 4 is 23.1 Å². The van der Waals surface area contributed by atoms with Crippen molar-refractivity contribution in [1.29, 1.82) is 5.26 Å². The number of pyridine rings is 1. The van der Waals surface area contributed by atoms with Crippen LogP contribution in [0.1, 0.15) is 28.0 Å². The Morgan fingerprint density at radius 2 is 1.97 bits per heavy atom. The van der Waals surface area contributed by atoms with E-state index in [9.17, 15) is 22.4 Å². The summed E-state index contributed by atoms with van der Waals surface area (Å²) in [6.45, 7) is -4.10. The molecule has 0 saturated carbocycles. The molecule has 0 bridgehead atoms. The zero-order valence-electron chi connectivity index (χ0n) is 17.2. The summed E-state index contributed by atoms with van der Waals surface area (Å²) in [6, 6.07) is 6.56. The average molecular weight is 464 g/mol. The van der Waals surface area contributed by atoms with E-state index in [2.05, 4.69) is 15.3 Å². The van der Waals surface area contributed by atoms with Crippen LogP contribution in [0.25, 0.3) is 0 Å². The Morgan fingerprint density at radius 3 is 2.55 bits per heavy atom. The molecule has 0 saturated heterocycles. The number of amidine groups is 1. The first kappa shape index (κ1) is 23.9. The summed E-state index contributed by atoms with van der Waals surface area (Å²) in [6.07, 6.45) is 0.775. The number of halogens is 4. The van der Waals surface area contributed by atoms with Gasteiger partial charge in [-0.05, 0) is 24.3 Å². The average Bonchev–Trinajstić information content (AvgIpc) is 2.80. The van der Waals surface area contributed by atoms with E-state index in [1.165, 1.54) is 18.2 Å². The number of rotatable bonds is 7. The lowest BCUT2D eigenvalue weighted by Crippen LogP contribution is -2.57. The van der Waals surface area contributed by atoms with Crippen LogP contribution < -0.4 is 16.8 Å². The molecule has 1 aromatic heterocycles. The molecule has 0 radical (unpaired) electrons. The first-order chi connectivity index (χ1) is 15.7. The molecule has 12 heteroatoms. The van der Waals surface area contributed by atoms with Crippen molar-refractivity contribution in [3.05, 3.63) is 53.1 Å². The highest BCUT2D eigenvalue weighted by Crippen LogP contribution is 2.39. The first-order valence-electron chi connectivity index (χ1n) is 9.69. The predicted octanol–water partition coefficient (Wildman–Crippen LogP) is 2.55. The van der Waals surface area contributed by atoms with Crippen LogP contribution in [0.3, 0.4) is 0 Å². The van der Waals surface area contributed by atoms with Gasteiger partial charge in [0.2, 0.25) is 0 Å². The van der Waals surface area contributed by atoms with Crippen molar-refractivity contribution in [1.82, 2.24) is 4.98 Å². The normalized spacial score (nSPS) is 19.4. The van der Waals surface area contributed by atoms with Crippen molar-refractivity contribution < 1.29 is 27.1 Å². The molecule has 33 heavy (non-hydrogen) atoms. The Morgan fingerprint density at radius 1 is 1.24 bits per heavy atom. The van der Waals surface area contributed by atoms with Crippen molar-refractivity contribution in [2.24, 2.45) is 10.7 Å². The van der Waals surface area contributed by atoms with E-state index in [0.29, 0.717) is 0 Å². The highest BCUT2D eigenvalue weighted by Gasteiger charge is 2.48. The number of benzene rings is 1. The molecule has 1 amide bonds. The molecule has 2 aromatic rings. The van der Waals surface area contributed by atoms with E-state index in [4.69, 9.17) is 21.5 Å². The molecule has 1 aliphatic rings. The Labute approximate surface area is 186 Å². The summed E-state index contributed by atoms with van der Waals surface area (Å²) in [4.78, 5) is 20.5. The number of hydrogen-bond donors (Lipinski definition) is 3. The van der Waals surface area contributed by atoms with Crippen molar-refractivity contribution in [3.8, 4) is 6.07 Å². The third kappa shape index (κ3) is 4.45. The van der Waals surface area contributed by atoms with E-state index < -0.39 is 55.3 Å². The standard InChI is InChI=1S/C21H20F4N6O2/c22-4-3-20(11-33-21(9-23,10-24)19(28)31-20)14-6-13(1-2-15(14)25)30-18(32)17-16(27)5-12(7-26)8-29-17/h1-2,5-6,8H,3-4,9-11,27H2,(H2,28,31)(H,30,32). The summed E-state index contributed by atoms with van der Waals surface area (Å²) in [7, 11) is 0. The van der Waals surface area contributed by atoms with Crippen LogP contribution in [0, 0.1) is 17.1 Å². The quantitative estimate of drug-likeness (QED) is 0.538. The number of amides is 1. The second kappa shape index (κ2) is 9.41. The number of anilines is 2. The number of nitrogens with one attached hydrogen (secondary N) is 1. The zero-order valence-corrected chi connectivity index (χ0v) is 17.2. The van der Waals surface area contributed by atoms with Gasteiger partial charge < -0.3 is 21.5 Å². The third-order valence-electron chi connectivity index (χ3n) is 5.32. The van der Waals surface area contributed by atoms with Gasteiger partial charge in [0, 0.05) is 23.9 Å². The van der Waals surface area contributed by atoms with Crippen LogP contribution in [-0.4, -0.2) is 49.0 Å². The van der Waals surface area contributed by atoms with Gasteiger partial charge in [-0.3, -0.25) is 14.2 Å². The topological polar surface area (TPSA) is 139 Å². The number of nitrogen functional groups attached to an aromatic ring is 1. The molecule has 174 valence electrons. The lowest BCUT2D eigenvalue weighted by Gasteiger charge is -2.41. The lowest BCUT2D eigenvalue weighted by atomic mass is 9.85. The summed E-state index contributed by atoms with van der Waals surface area (Å²) < 4.78 is 60.3. The van der Waals surface area contributed by atoms with Crippen LogP contribution in [-0.2, 0) is 10.3 Å². The number of ether oxygens (including phenoxy) is 1. The molecule has 1 aromatic carbocycles. The Balaban J connectivity index is 1.98. The fourth-order valence-corrected chi connectivity index (χ4v) is 3.39. The van der Waals surface area contributed by atoms with Gasteiger partial charge in [-0.1, -0.05) is 0 Å². The highest BCUT2D eigenvalue weighted by atomic mass is 19.1. The third-order valence-corrected chi connectivity index (χ3v) is 5.32. The van der Waals surface area contributed by atoms with E-state index in [1.54, 1.807) is 0 Å². The minimum atomic E-state index is -2.11. The Hall–Kier alpha value is -3.72. The number of carbonyl (C=O) groups excluding carboxylic acids is 1. The van der Waals surface area contributed by atoms with Crippen LogP contribution in [0.2, 0.25) is 0 Å². The monoisotopic (exact) mass is 464 g/mol. The number of nitrogens with zero attached hydrogens (tertiary/aromatic N) is 3. The maximum absolute atomic E-state index is 14.8. The Kier molecular flexibility index (Phi) is 6.83. The summed E-state index contributed by atoms with van der Waals surface area (Å²) in [5.41, 5.74) is 7.54. The van der Waals surface area contributed by atoms with E-state index in [0.717, 1.165) is 12.3 Å².